The Bertz CT molecular complexity index is 887. The van der Waals surface area contributed by atoms with Gasteiger partial charge in [0.2, 0.25) is 5.65 Å². The summed E-state index contributed by atoms with van der Waals surface area (Å²) in [5.41, 5.74) is 1.73. The highest BCUT2D eigenvalue weighted by atomic mass is 35.5. The van der Waals surface area contributed by atoms with E-state index in [2.05, 4.69) is 17.1 Å². The zero-order chi connectivity index (χ0) is 15.7. The van der Waals surface area contributed by atoms with E-state index < -0.39 is 0 Å². The third kappa shape index (κ3) is 2.53. The molecule has 3 rings (SSSR count). The predicted octanol–water partition coefficient (Wildman–Crippen LogP) is 3.34. The summed E-state index contributed by atoms with van der Waals surface area (Å²) in [6.45, 7) is 3.99. The lowest BCUT2D eigenvalue weighted by atomic mass is 10.2. The van der Waals surface area contributed by atoms with Crippen LogP contribution >= 0.6 is 23.4 Å². The van der Waals surface area contributed by atoms with Gasteiger partial charge in [-0.15, -0.1) is 10.2 Å². The molecule has 0 radical (unpaired) electrons. The van der Waals surface area contributed by atoms with Gasteiger partial charge in [0.1, 0.15) is 0 Å². The summed E-state index contributed by atoms with van der Waals surface area (Å²) in [6, 6.07) is 5.50. The minimum Gasteiger partial charge on any atom is -0.279 e. The van der Waals surface area contributed by atoms with Gasteiger partial charge in [-0.3, -0.25) is 13.8 Å². The Labute approximate surface area is 136 Å². The van der Waals surface area contributed by atoms with Crippen LogP contribution in [0.1, 0.15) is 18.9 Å². The van der Waals surface area contributed by atoms with Crippen LogP contribution in [-0.4, -0.2) is 24.9 Å². The van der Waals surface area contributed by atoms with E-state index in [0.717, 1.165) is 28.6 Å². The zero-order valence-corrected chi connectivity index (χ0v) is 13.9. The fraction of sp³-hybridized carbons (Fsp3) is 0.267. The Morgan fingerprint density at radius 2 is 2.09 bits per heavy atom. The molecule has 3 aromatic rings. The van der Waals surface area contributed by atoms with Crippen LogP contribution < -0.4 is 5.56 Å². The van der Waals surface area contributed by atoms with Gasteiger partial charge in [0, 0.05) is 23.2 Å². The van der Waals surface area contributed by atoms with E-state index in [1.54, 1.807) is 33.0 Å². The van der Waals surface area contributed by atoms with Crippen LogP contribution in [0.15, 0.2) is 40.5 Å². The summed E-state index contributed by atoms with van der Waals surface area (Å²) < 4.78 is 3.29. The third-order valence-electron chi connectivity index (χ3n) is 3.37. The first-order valence-corrected chi connectivity index (χ1v) is 8.34. The molecule has 0 bridgehead atoms. The van der Waals surface area contributed by atoms with Gasteiger partial charge < -0.3 is 0 Å². The van der Waals surface area contributed by atoms with E-state index in [1.807, 2.05) is 25.3 Å². The molecule has 7 heteroatoms. The van der Waals surface area contributed by atoms with Crippen molar-refractivity contribution < 1.29 is 0 Å². The molecule has 0 amide bonds. The normalized spacial score (nSPS) is 11.2. The molecule has 22 heavy (non-hydrogen) atoms. The summed E-state index contributed by atoms with van der Waals surface area (Å²) in [5.74, 6) is 0.942. The molecule has 1 aromatic carbocycles. The van der Waals surface area contributed by atoms with Crippen molar-refractivity contribution in [1.29, 1.82) is 0 Å². The number of nitrogens with zero attached hydrogens (tertiary/aromatic N) is 4. The lowest BCUT2D eigenvalue weighted by Gasteiger charge is -2.10. The van der Waals surface area contributed by atoms with Crippen LogP contribution in [0.25, 0.3) is 11.3 Å². The van der Waals surface area contributed by atoms with Gasteiger partial charge in [0.25, 0.3) is 0 Å². The Morgan fingerprint density at radius 3 is 2.86 bits per heavy atom. The molecule has 0 saturated carbocycles. The second kappa shape index (κ2) is 6.14. The highest BCUT2D eigenvalue weighted by Crippen LogP contribution is 2.22. The van der Waals surface area contributed by atoms with Crippen molar-refractivity contribution in [3.05, 3.63) is 51.5 Å². The smallest absolute Gasteiger partial charge is 0.279 e. The molecular formula is C15H15ClN4OS. The monoisotopic (exact) mass is 334 g/mol. The van der Waals surface area contributed by atoms with Crippen LogP contribution in [-0.2, 0) is 0 Å². The highest BCUT2D eigenvalue weighted by molar-refractivity contribution is 7.99. The molecule has 114 valence electrons. The summed E-state index contributed by atoms with van der Waals surface area (Å²) >= 11 is 7.74. The minimum atomic E-state index is -0.205. The maximum atomic E-state index is 12.7. The number of rotatable bonds is 4. The molecule has 0 atom stereocenters. The average Bonchev–Trinajstić information content (AvgIpc) is 2.93. The predicted molar refractivity (Wildman–Crippen MR) is 89.3 cm³/mol. The molecule has 0 aliphatic carbocycles. The van der Waals surface area contributed by atoms with Gasteiger partial charge in [0.05, 0.1) is 5.69 Å². The number of fused-ring (bicyclic) bond motifs is 1. The Kier molecular flexibility index (Phi) is 4.22. The van der Waals surface area contributed by atoms with Crippen LogP contribution in [0.2, 0.25) is 5.02 Å². The van der Waals surface area contributed by atoms with Crippen molar-refractivity contribution >= 4 is 29.0 Å². The van der Waals surface area contributed by atoms with Crippen molar-refractivity contribution in [2.24, 2.45) is 0 Å². The Morgan fingerprint density at radius 1 is 1.27 bits per heavy atom. The fourth-order valence-electron chi connectivity index (χ4n) is 2.20. The van der Waals surface area contributed by atoms with Crippen LogP contribution in [0.5, 0.6) is 0 Å². The molecule has 2 heterocycles. The second-order valence-electron chi connectivity index (χ2n) is 4.88. The number of aromatic nitrogens is 4. The van der Waals surface area contributed by atoms with Crippen molar-refractivity contribution in [2.45, 2.75) is 25.4 Å². The standard InChI is InChI=1S/C15H15ClN4OS/c1-3-9-22-15-18-17-13-14(21)19(7-8-20(13)15)12-6-4-5-11(16)10(12)2/h4-8H,3,9H2,1-2H3. The first-order valence-electron chi connectivity index (χ1n) is 6.98. The van der Waals surface area contributed by atoms with Crippen molar-refractivity contribution in [2.75, 3.05) is 5.75 Å². The minimum absolute atomic E-state index is 0.205. The van der Waals surface area contributed by atoms with E-state index in [-0.39, 0.29) is 5.56 Å². The van der Waals surface area contributed by atoms with E-state index in [0.29, 0.717) is 10.7 Å². The molecule has 0 fully saturated rings. The molecule has 0 spiro atoms. The van der Waals surface area contributed by atoms with Crippen molar-refractivity contribution in [3.63, 3.8) is 0 Å². The molecular weight excluding hydrogens is 320 g/mol. The number of hydrogen-bond acceptors (Lipinski definition) is 4. The molecule has 2 aromatic heterocycles. The molecule has 0 aliphatic heterocycles. The van der Waals surface area contributed by atoms with Gasteiger partial charge in [-0.2, -0.15) is 0 Å². The van der Waals surface area contributed by atoms with E-state index in [9.17, 15) is 4.79 Å². The molecule has 5 nitrogen and oxygen atoms in total. The van der Waals surface area contributed by atoms with Crippen molar-refractivity contribution in [1.82, 2.24) is 19.2 Å². The number of thioether (sulfide) groups is 1. The van der Waals surface area contributed by atoms with E-state index in [4.69, 9.17) is 11.6 Å². The Balaban J connectivity index is 2.15. The second-order valence-corrected chi connectivity index (χ2v) is 6.35. The Hall–Kier alpha value is -1.79. The lowest BCUT2D eigenvalue weighted by molar-refractivity contribution is 0.889. The van der Waals surface area contributed by atoms with Crippen LogP contribution in [0.4, 0.5) is 0 Å². The fourth-order valence-corrected chi connectivity index (χ4v) is 3.15. The first-order chi connectivity index (χ1) is 10.6. The molecule has 0 aliphatic rings. The summed E-state index contributed by atoms with van der Waals surface area (Å²) in [7, 11) is 0. The number of hydrogen-bond donors (Lipinski definition) is 0. The van der Waals surface area contributed by atoms with Crippen LogP contribution in [0.3, 0.4) is 0 Å². The lowest BCUT2D eigenvalue weighted by Crippen LogP contribution is -2.21. The topological polar surface area (TPSA) is 52.2 Å². The summed E-state index contributed by atoms with van der Waals surface area (Å²) in [4.78, 5) is 12.7. The summed E-state index contributed by atoms with van der Waals surface area (Å²) in [6.07, 6.45) is 4.58. The maximum Gasteiger partial charge on any atom is 0.300 e. The molecule has 0 unspecified atom stereocenters. The van der Waals surface area contributed by atoms with Crippen LogP contribution in [0, 0.1) is 6.92 Å². The third-order valence-corrected chi connectivity index (χ3v) is 4.93. The van der Waals surface area contributed by atoms with Gasteiger partial charge in [-0.25, -0.2) is 0 Å². The number of benzene rings is 1. The molecule has 0 N–H and O–H groups in total. The van der Waals surface area contributed by atoms with E-state index in [1.165, 1.54) is 0 Å². The molecule has 0 saturated heterocycles. The van der Waals surface area contributed by atoms with Gasteiger partial charge in [-0.05, 0) is 31.0 Å². The summed E-state index contributed by atoms with van der Waals surface area (Å²) in [5, 5.41) is 9.51. The van der Waals surface area contributed by atoms with Gasteiger partial charge >= 0.3 is 5.56 Å². The highest BCUT2D eigenvalue weighted by Gasteiger charge is 2.13. The maximum absolute atomic E-state index is 12.7. The number of halogens is 1. The quantitative estimate of drug-likeness (QED) is 0.687. The van der Waals surface area contributed by atoms with Crippen molar-refractivity contribution in [3.8, 4) is 5.69 Å². The van der Waals surface area contributed by atoms with Gasteiger partial charge in [0.15, 0.2) is 5.16 Å². The zero-order valence-electron chi connectivity index (χ0n) is 12.3. The van der Waals surface area contributed by atoms with E-state index >= 15 is 0 Å². The largest absolute Gasteiger partial charge is 0.300 e. The van der Waals surface area contributed by atoms with Gasteiger partial charge in [-0.1, -0.05) is 36.4 Å². The average molecular weight is 335 g/mol. The first kappa shape index (κ1) is 15.1. The SMILES string of the molecule is CCCSc1nnc2c(=O)n(-c3cccc(Cl)c3C)ccn12.